The molecule has 7 nitrogen and oxygen atoms in total. The number of nitrogens with one attached hydrogen (secondary N) is 1. The standard InChI is InChI=1S/C36H40BrN3O4S/c1-25(2)38-36(42)34(22-29-9-7-6-8-10-29)39(23-30-14-16-31(37)17-15-30)35(41)24-40(32-18-13-27(4)28(5)21-32)45(43,44)33-19-11-26(3)12-20-33/h6-21,25,34H,22-24H2,1-5H3,(H,38,42). The van der Waals surface area contributed by atoms with Crippen molar-refractivity contribution in [3.63, 3.8) is 0 Å². The molecule has 1 atom stereocenters. The lowest BCUT2D eigenvalue weighted by Crippen LogP contribution is -2.54. The molecule has 2 amide bonds. The second kappa shape index (κ2) is 14.9. The van der Waals surface area contributed by atoms with E-state index < -0.39 is 28.5 Å². The predicted molar refractivity (Wildman–Crippen MR) is 184 cm³/mol. The molecule has 0 spiro atoms. The third kappa shape index (κ3) is 8.83. The molecule has 1 unspecified atom stereocenters. The number of carbonyl (C=O) groups excluding carboxylic acids is 2. The van der Waals surface area contributed by atoms with Crippen molar-refractivity contribution in [1.82, 2.24) is 10.2 Å². The molecular weight excluding hydrogens is 650 g/mol. The van der Waals surface area contributed by atoms with Crippen molar-refractivity contribution in [1.29, 1.82) is 0 Å². The minimum Gasteiger partial charge on any atom is -0.352 e. The summed E-state index contributed by atoms with van der Waals surface area (Å²) in [7, 11) is -4.15. The maximum atomic E-state index is 14.5. The van der Waals surface area contributed by atoms with E-state index in [1.165, 1.54) is 4.90 Å². The number of nitrogens with zero attached hydrogens (tertiary/aromatic N) is 2. The van der Waals surface area contributed by atoms with Gasteiger partial charge in [0, 0.05) is 23.5 Å². The minimum atomic E-state index is -4.15. The van der Waals surface area contributed by atoms with Crippen LogP contribution in [0.15, 0.2) is 106 Å². The fourth-order valence-electron chi connectivity index (χ4n) is 4.97. The highest BCUT2D eigenvalue weighted by atomic mass is 79.9. The topological polar surface area (TPSA) is 86.8 Å². The van der Waals surface area contributed by atoms with Crippen LogP contribution in [0.25, 0.3) is 0 Å². The van der Waals surface area contributed by atoms with E-state index in [-0.39, 0.29) is 29.8 Å². The zero-order valence-electron chi connectivity index (χ0n) is 26.3. The molecule has 0 bridgehead atoms. The van der Waals surface area contributed by atoms with Crippen LogP contribution in [0.1, 0.15) is 41.7 Å². The molecule has 0 aliphatic heterocycles. The first-order valence-electron chi connectivity index (χ1n) is 14.9. The van der Waals surface area contributed by atoms with Crippen molar-refractivity contribution in [3.8, 4) is 0 Å². The second-order valence-electron chi connectivity index (χ2n) is 11.6. The van der Waals surface area contributed by atoms with Gasteiger partial charge >= 0.3 is 0 Å². The fourth-order valence-corrected chi connectivity index (χ4v) is 6.64. The SMILES string of the molecule is Cc1ccc(S(=O)(=O)N(CC(=O)N(Cc2ccc(Br)cc2)C(Cc2ccccc2)C(=O)NC(C)C)c2ccc(C)c(C)c2)cc1. The van der Waals surface area contributed by atoms with Crippen molar-refractivity contribution >= 4 is 43.5 Å². The second-order valence-corrected chi connectivity index (χ2v) is 14.4. The molecule has 4 rings (SSSR count). The molecule has 0 saturated heterocycles. The van der Waals surface area contributed by atoms with Crippen molar-refractivity contribution in [2.75, 3.05) is 10.8 Å². The largest absolute Gasteiger partial charge is 0.352 e. The van der Waals surface area contributed by atoms with Gasteiger partial charge in [-0.15, -0.1) is 0 Å². The third-order valence-corrected chi connectivity index (χ3v) is 9.95. The number of halogens is 1. The molecule has 0 aliphatic carbocycles. The van der Waals surface area contributed by atoms with E-state index in [2.05, 4.69) is 21.2 Å². The number of carbonyl (C=O) groups is 2. The van der Waals surface area contributed by atoms with Gasteiger partial charge in [-0.05, 0) is 93.3 Å². The van der Waals surface area contributed by atoms with Gasteiger partial charge in [0.05, 0.1) is 10.6 Å². The van der Waals surface area contributed by atoms with Gasteiger partial charge in [0.25, 0.3) is 10.0 Å². The van der Waals surface area contributed by atoms with E-state index in [1.807, 2.05) is 95.3 Å². The number of benzene rings is 4. The summed E-state index contributed by atoms with van der Waals surface area (Å²) in [5, 5.41) is 2.98. The summed E-state index contributed by atoms with van der Waals surface area (Å²) in [5.74, 6) is -0.801. The Labute approximate surface area is 275 Å². The van der Waals surface area contributed by atoms with Gasteiger partial charge in [0.2, 0.25) is 11.8 Å². The van der Waals surface area contributed by atoms with Gasteiger partial charge in [-0.2, -0.15) is 0 Å². The van der Waals surface area contributed by atoms with E-state index >= 15 is 0 Å². The highest BCUT2D eigenvalue weighted by molar-refractivity contribution is 9.10. The summed E-state index contributed by atoms with van der Waals surface area (Å²) in [6.07, 6.45) is 0.260. The number of hydrogen-bond acceptors (Lipinski definition) is 4. The summed E-state index contributed by atoms with van der Waals surface area (Å²) >= 11 is 3.46. The number of aryl methyl sites for hydroxylation is 3. The molecule has 0 radical (unpaired) electrons. The van der Waals surface area contributed by atoms with Crippen LogP contribution in [0.5, 0.6) is 0 Å². The Morgan fingerprint density at radius 3 is 2.04 bits per heavy atom. The highest BCUT2D eigenvalue weighted by Crippen LogP contribution is 2.27. The first kappa shape index (κ1) is 33.9. The molecule has 45 heavy (non-hydrogen) atoms. The van der Waals surface area contributed by atoms with Crippen LogP contribution >= 0.6 is 15.9 Å². The fraction of sp³-hybridized carbons (Fsp3) is 0.278. The summed E-state index contributed by atoms with van der Waals surface area (Å²) in [5.41, 5.74) is 4.89. The molecule has 4 aromatic carbocycles. The predicted octanol–water partition coefficient (Wildman–Crippen LogP) is 6.73. The van der Waals surface area contributed by atoms with Gasteiger partial charge in [-0.1, -0.05) is 82.2 Å². The molecule has 4 aromatic rings. The number of hydrogen-bond donors (Lipinski definition) is 1. The monoisotopic (exact) mass is 689 g/mol. The van der Waals surface area contributed by atoms with Gasteiger partial charge < -0.3 is 10.2 Å². The molecule has 0 aliphatic rings. The van der Waals surface area contributed by atoms with E-state index in [0.717, 1.165) is 36.6 Å². The zero-order valence-corrected chi connectivity index (χ0v) is 28.7. The van der Waals surface area contributed by atoms with Gasteiger partial charge in [0.15, 0.2) is 0 Å². The van der Waals surface area contributed by atoms with Crippen molar-refractivity contribution in [3.05, 3.63) is 129 Å². The smallest absolute Gasteiger partial charge is 0.264 e. The number of sulfonamides is 1. The van der Waals surface area contributed by atoms with Crippen LogP contribution < -0.4 is 9.62 Å². The maximum absolute atomic E-state index is 14.5. The molecule has 236 valence electrons. The summed E-state index contributed by atoms with van der Waals surface area (Å²) < 4.78 is 30.4. The average molecular weight is 691 g/mol. The lowest BCUT2D eigenvalue weighted by molar-refractivity contribution is -0.140. The average Bonchev–Trinajstić information content (AvgIpc) is 3.00. The normalized spacial score (nSPS) is 12.1. The Balaban J connectivity index is 1.82. The van der Waals surface area contributed by atoms with Crippen LogP contribution in [0.3, 0.4) is 0 Å². The Morgan fingerprint density at radius 2 is 1.44 bits per heavy atom. The van der Waals surface area contributed by atoms with E-state index in [0.29, 0.717) is 5.69 Å². The van der Waals surface area contributed by atoms with Crippen LogP contribution in [-0.2, 0) is 32.6 Å². The molecule has 0 fully saturated rings. The lowest BCUT2D eigenvalue weighted by Gasteiger charge is -2.34. The van der Waals surface area contributed by atoms with Crippen LogP contribution in [-0.4, -0.2) is 43.8 Å². The number of amides is 2. The van der Waals surface area contributed by atoms with Crippen LogP contribution in [0.4, 0.5) is 5.69 Å². The maximum Gasteiger partial charge on any atom is 0.264 e. The zero-order chi connectivity index (χ0) is 32.7. The minimum absolute atomic E-state index is 0.0805. The molecule has 0 saturated carbocycles. The van der Waals surface area contributed by atoms with Crippen molar-refractivity contribution < 1.29 is 18.0 Å². The molecule has 0 aromatic heterocycles. The van der Waals surface area contributed by atoms with E-state index in [1.54, 1.807) is 36.4 Å². The molecule has 0 heterocycles. The highest BCUT2D eigenvalue weighted by Gasteiger charge is 2.35. The van der Waals surface area contributed by atoms with Crippen molar-refractivity contribution in [2.24, 2.45) is 0 Å². The Bertz CT molecular complexity index is 1720. The summed E-state index contributed by atoms with van der Waals surface area (Å²) in [6, 6.07) is 27.9. The van der Waals surface area contributed by atoms with Crippen LogP contribution in [0, 0.1) is 20.8 Å². The van der Waals surface area contributed by atoms with E-state index in [9.17, 15) is 18.0 Å². The number of anilines is 1. The Kier molecular flexibility index (Phi) is 11.2. The summed E-state index contributed by atoms with van der Waals surface area (Å²) in [6.45, 7) is 9.10. The Hall–Kier alpha value is -3.95. The summed E-state index contributed by atoms with van der Waals surface area (Å²) in [4.78, 5) is 29.9. The van der Waals surface area contributed by atoms with Gasteiger partial charge in [0.1, 0.15) is 12.6 Å². The quantitative estimate of drug-likeness (QED) is 0.179. The molecular formula is C36H40BrN3O4S. The number of rotatable bonds is 12. The van der Waals surface area contributed by atoms with Crippen molar-refractivity contribution in [2.45, 2.75) is 64.6 Å². The lowest BCUT2D eigenvalue weighted by atomic mass is 10.0. The third-order valence-electron chi connectivity index (χ3n) is 7.63. The van der Waals surface area contributed by atoms with Gasteiger partial charge in [-0.3, -0.25) is 13.9 Å². The first-order valence-corrected chi connectivity index (χ1v) is 17.1. The van der Waals surface area contributed by atoms with E-state index in [4.69, 9.17) is 0 Å². The van der Waals surface area contributed by atoms with Gasteiger partial charge in [-0.25, -0.2) is 8.42 Å². The molecule has 1 N–H and O–H groups in total. The first-order chi connectivity index (χ1) is 21.3. The molecule has 9 heteroatoms. The Morgan fingerprint density at radius 1 is 0.800 bits per heavy atom. The van der Waals surface area contributed by atoms with Crippen LogP contribution in [0.2, 0.25) is 0 Å².